The van der Waals surface area contributed by atoms with Crippen molar-refractivity contribution >= 4 is 22.8 Å². The molecule has 1 aromatic carbocycles. The summed E-state index contributed by atoms with van der Waals surface area (Å²) in [5.74, 6) is 0.00598. The zero-order chi connectivity index (χ0) is 14.5. The van der Waals surface area contributed by atoms with Gasteiger partial charge in [0.15, 0.2) is 5.17 Å². The Labute approximate surface area is 124 Å². The zero-order valence-corrected chi connectivity index (χ0v) is 12.9. The molecule has 0 spiro atoms. The second-order valence-corrected chi connectivity index (χ2v) is 6.38. The van der Waals surface area contributed by atoms with E-state index in [-0.39, 0.29) is 18.0 Å². The summed E-state index contributed by atoms with van der Waals surface area (Å²) >= 11 is 1.69. The highest BCUT2D eigenvalue weighted by atomic mass is 32.2. The Morgan fingerprint density at radius 3 is 2.65 bits per heavy atom. The first-order valence-electron chi connectivity index (χ1n) is 6.89. The molecule has 4 nitrogen and oxygen atoms in total. The summed E-state index contributed by atoms with van der Waals surface area (Å²) in [6.45, 7) is 6.53. The highest BCUT2D eigenvalue weighted by Gasteiger charge is 2.23. The number of hydrogen-bond acceptors (Lipinski definition) is 4. The van der Waals surface area contributed by atoms with Gasteiger partial charge in [0, 0.05) is 6.04 Å². The van der Waals surface area contributed by atoms with E-state index in [0.29, 0.717) is 5.25 Å². The van der Waals surface area contributed by atoms with Crippen LogP contribution in [0.15, 0.2) is 35.3 Å². The summed E-state index contributed by atoms with van der Waals surface area (Å²) in [5.41, 5.74) is 1.28. The van der Waals surface area contributed by atoms with Gasteiger partial charge in [-0.1, -0.05) is 42.1 Å². The molecule has 2 rings (SSSR count). The molecule has 108 valence electrons. The number of carbonyl (C=O) groups excluding carboxylic acids is 1. The van der Waals surface area contributed by atoms with Crippen LogP contribution < -0.4 is 10.6 Å². The zero-order valence-electron chi connectivity index (χ0n) is 12.1. The molecule has 5 heteroatoms. The number of rotatable bonds is 4. The molecule has 0 aromatic heterocycles. The van der Waals surface area contributed by atoms with Gasteiger partial charge in [0.25, 0.3) is 0 Å². The van der Waals surface area contributed by atoms with Crippen molar-refractivity contribution in [1.82, 2.24) is 10.6 Å². The van der Waals surface area contributed by atoms with Gasteiger partial charge in [-0.25, -0.2) is 0 Å². The first kappa shape index (κ1) is 14.9. The van der Waals surface area contributed by atoms with Crippen molar-refractivity contribution in [2.75, 3.05) is 6.54 Å². The lowest BCUT2D eigenvalue weighted by atomic mass is 10.1. The van der Waals surface area contributed by atoms with Crippen molar-refractivity contribution in [2.45, 2.75) is 38.1 Å². The van der Waals surface area contributed by atoms with Gasteiger partial charge >= 0.3 is 0 Å². The number of carbonyl (C=O) groups is 1. The van der Waals surface area contributed by atoms with E-state index in [1.54, 1.807) is 11.8 Å². The van der Waals surface area contributed by atoms with Crippen LogP contribution in [0.1, 0.15) is 31.6 Å². The Kier molecular flexibility index (Phi) is 5.06. The lowest BCUT2D eigenvalue weighted by Crippen LogP contribution is -2.45. The summed E-state index contributed by atoms with van der Waals surface area (Å²) in [5, 5.41) is 7.28. The maximum absolute atomic E-state index is 11.9. The fourth-order valence-corrected chi connectivity index (χ4v) is 3.06. The minimum Gasteiger partial charge on any atom is -0.353 e. The van der Waals surface area contributed by atoms with E-state index in [2.05, 4.69) is 27.8 Å². The first-order chi connectivity index (χ1) is 9.56. The Bertz CT molecular complexity index is 487. The van der Waals surface area contributed by atoms with Gasteiger partial charge in [0.2, 0.25) is 5.91 Å². The van der Waals surface area contributed by atoms with Crippen LogP contribution in [0.4, 0.5) is 0 Å². The summed E-state index contributed by atoms with van der Waals surface area (Å²) in [6, 6.07) is 10.2. The quantitative estimate of drug-likeness (QED) is 0.895. The number of amides is 1. The summed E-state index contributed by atoms with van der Waals surface area (Å²) in [4.78, 5) is 16.3. The minimum atomic E-state index is -0.266. The van der Waals surface area contributed by atoms with Crippen molar-refractivity contribution < 1.29 is 4.79 Å². The van der Waals surface area contributed by atoms with E-state index in [9.17, 15) is 4.79 Å². The highest BCUT2D eigenvalue weighted by molar-refractivity contribution is 8.14. The van der Waals surface area contributed by atoms with Crippen LogP contribution in [0.5, 0.6) is 0 Å². The second kappa shape index (κ2) is 6.79. The maximum atomic E-state index is 11.9. The Hall–Kier alpha value is -1.49. The third-order valence-electron chi connectivity index (χ3n) is 2.99. The predicted octanol–water partition coefficient (Wildman–Crippen LogP) is 2.33. The molecule has 1 aliphatic heterocycles. The molecular weight excluding hydrogens is 270 g/mol. The normalized spacial score (nSPS) is 19.6. The highest BCUT2D eigenvalue weighted by Crippen LogP contribution is 2.34. The standard InChI is InChI=1S/C15H21N3OS/c1-10(2)17-14(19)11(3)18-15-16-9-13(20-15)12-7-5-4-6-8-12/h4-8,10-11,13H,9H2,1-3H3,(H,16,18)(H,17,19). The predicted molar refractivity (Wildman–Crippen MR) is 85.0 cm³/mol. The third-order valence-corrected chi connectivity index (χ3v) is 4.17. The van der Waals surface area contributed by atoms with Crippen molar-refractivity contribution in [3.63, 3.8) is 0 Å². The van der Waals surface area contributed by atoms with Crippen LogP contribution in [0.3, 0.4) is 0 Å². The van der Waals surface area contributed by atoms with Crippen molar-refractivity contribution in [3.8, 4) is 0 Å². The van der Waals surface area contributed by atoms with Gasteiger partial charge < -0.3 is 10.6 Å². The monoisotopic (exact) mass is 291 g/mol. The summed E-state index contributed by atoms with van der Waals surface area (Å²) < 4.78 is 0. The van der Waals surface area contributed by atoms with Crippen LogP contribution in [0.25, 0.3) is 0 Å². The molecule has 0 saturated heterocycles. The number of nitrogens with zero attached hydrogens (tertiary/aromatic N) is 1. The topological polar surface area (TPSA) is 53.5 Å². The smallest absolute Gasteiger partial charge is 0.242 e. The van der Waals surface area contributed by atoms with Crippen LogP contribution >= 0.6 is 11.8 Å². The molecule has 2 unspecified atom stereocenters. The first-order valence-corrected chi connectivity index (χ1v) is 7.77. The molecule has 1 aromatic rings. The number of nitrogens with one attached hydrogen (secondary N) is 2. The second-order valence-electron chi connectivity index (χ2n) is 5.19. The molecule has 0 aliphatic carbocycles. The van der Waals surface area contributed by atoms with E-state index in [1.165, 1.54) is 5.56 Å². The van der Waals surface area contributed by atoms with Crippen LogP contribution in [-0.2, 0) is 4.79 Å². The molecule has 1 aliphatic rings. The van der Waals surface area contributed by atoms with E-state index in [0.717, 1.165) is 11.7 Å². The molecule has 0 fully saturated rings. The van der Waals surface area contributed by atoms with Gasteiger partial charge in [-0.15, -0.1) is 0 Å². The molecule has 0 radical (unpaired) electrons. The lowest BCUT2D eigenvalue weighted by Gasteiger charge is -2.17. The maximum Gasteiger partial charge on any atom is 0.242 e. The number of amidine groups is 1. The molecule has 2 N–H and O–H groups in total. The van der Waals surface area contributed by atoms with E-state index in [1.807, 2.05) is 39.0 Å². The molecule has 1 heterocycles. The van der Waals surface area contributed by atoms with Gasteiger partial charge in [-0.2, -0.15) is 0 Å². The molecule has 20 heavy (non-hydrogen) atoms. The van der Waals surface area contributed by atoms with Crippen molar-refractivity contribution in [1.29, 1.82) is 0 Å². The van der Waals surface area contributed by atoms with Crippen LogP contribution in [0, 0.1) is 0 Å². The minimum absolute atomic E-state index is 0.00598. The number of aliphatic imine (C=N–C) groups is 1. The van der Waals surface area contributed by atoms with Crippen molar-refractivity contribution in [2.24, 2.45) is 4.99 Å². The van der Waals surface area contributed by atoms with E-state index >= 15 is 0 Å². The Morgan fingerprint density at radius 2 is 2.00 bits per heavy atom. The SMILES string of the molecule is CC(C)NC(=O)C(C)NC1=NCC(c2ccccc2)S1. The fraction of sp³-hybridized carbons (Fsp3) is 0.467. The summed E-state index contributed by atoms with van der Waals surface area (Å²) in [6.07, 6.45) is 0. The molecule has 0 bridgehead atoms. The Balaban J connectivity index is 1.85. The summed E-state index contributed by atoms with van der Waals surface area (Å²) in [7, 11) is 0. The number of thioether (sulfide) groups is 1. The van der Waals surface area contributed by atoms with E-state index in [4.69, 9.17) is 0 Å². The molecule has 2 atom stereocenters. The average molecular weight is 291 g/mol. The van der Waals surface area contributed by atoms with Gasteiger partial charge in [-0.3, -0.25) is 9.79 Å². The number of benzene rings is 1. The van der Waals surface area contributed by atoms with E-state index < -0.39 is 0 Å². The van der Waals surface area contributed by atoms with Crippen LogP contribution in [-0.4, -0.2) is 29.7 Å². The molecule has 0 saturated carbocycles. The fourth-order valence-electron chi connectivity index (χ4n) is 1.96. The largest absolute Gasteiger partial charge is 0.353 e. The molecule has 1 amide bonds. The van der Waals surface area contributed by atoms with Gasteiger partial charge in [0.1, 0.15) is 6.04 Å². The van der Waals surface area contributed by atoms with Crippen LogP contribution in [0.2, 0.25) is 0 Å². The average Bonchev–Trinajstić information content (AvgIpc) is 2.87. The third kappa shape index (κ3) is 4.00. The Morgan fingerprint density at radius 1 is 1.30 bits per heavy atom. The number of hydrogen-bond donors (Lipinski definition) is 2. The van der Waals surface area contributed by atoms with Crippen molar-refractivity contribution in [3.05, 3.63) is 35.9 Å². The molecular formula is C15H21N3OS. The van der Waals surface area contributed by atoms with Gasteiger partial charge in [0.05, 0.1) is 11.8 Å². The van der Waals surface area contributed by atoms with Gasteiger partial charge in [-0.05, 0) is 26.3 Å². The lowest BCUT2D eigenvalue weighted by molar-refractivity contribution is -0.122.